The fourth-order valence-corrected chi connectivity index (χ4v) is 1.39. The van der Waals surface area contributed by atoms with Crippen molar-refractivity contribution in [2.24, 2.45) is 0 Å². The highest BCUT2D eigenvalue weighted by Crippen LogP contribution is 2.35. The number of likely N-dealkylation sites (N-methyl/N-ethyl adjacent to an activating group) is 1. The van der Waals surface area contributed by atoms with Gasteiger partial charge in [0, 0.05) is 0 Å². The van der Waals surface area contributed by atoms with Gasteiger partial charge >= 0.3 is 0 Å². The molecule has 3 heteroatoms. The minimum atomic E-state index is -0.270. The number of epoxide rings is 1. The Morgan fingerprint density at radius 1 is 1.56 bits per heavy atom. The number of likely N-dealkylation sites (tertiary alicyclic amines) is 1. The lowest BCUT2D eigenvalue weighted by Crippen LogP contribution is -2.38. The molecule has 3 unspecified atom stereocenters. The highest BCUT2D eigenvalue weighted by molar-refractivity contribution is 4.89. The third kappa shape index (κ3) is 0.764. The number of hydrogen-bond donors (Lipinski definition) is 1. The van der Waals surface area contributed by atoms with E-state index in [1.54, 1.807) is 0 Å². The maximum atomic E-state index is 9.22. The third-order valence-corrected chi connectivity index (χ3v) is 2.14. The summed E-state index contributed by atoms with van der Waals surface area (Å²) < 4.78 is 5.23. The van der Waals surface area contributed by atoms with Crippen LogP contribution in [-0.4, -0.2) is 35.6 Å². The van der Waals surface area contributed by atoms with E-state index in [4.69, 9.17) is 4.74 Å². The molecular formula is C6H11NO2. The van der Waals surface area contributed by atoms with Crippen LogP contribution in [-0.2, 0) is 4.74 Å². The first-order chi connectivity index (χ1) is 4.29. The third-order valence-electron chi connectivity index (χ3n) is 2.14. The molecule has 3 nitrogen and oxygen atoms in total. The molecule has 0 aromatic rings. The van der Waals surface area contributed by atoms with Crippen molar-refractivity contribution in [3.63, 3.8) is 0 Å². The van der Waals surface area contributed by atoms with Crippen LogP contribution >= 0.6 is 0 Å². The van der Waals surface area contributed by atoms with Crippen LogP contribution in [0.3, 0.4) is 0 Å². The van der Waals surface area contributed by atoms with E-state index in [1.165, 1.54) is 0 Å². The van der Waals surface area contributed by atoms with Gasteiger partial charge in [0.05, 0.1) is 6.10 Å². The average Bonchev–Trinajstić information content (AvgIpc) is 2.58. The van der Waals surface area contributed by atoms with Gasteiger partial charge in [-0.1, -0.05) is 0 Å². The van der Waals surface area contributed by atoms with Crippen molar-refractivity contribution in [3.05, 3.63) is 0 Å². The minimum absolute atomic E-state index is 0.230. The van der Waals surface area contributed by atoms with E-state index in [1.807, 2.05) is 11.9 Å². The van der Waals surface area contributed by atoms with Crippen LogP contribution in [0.15, 0.2) is 0 Å². The normalized spacial score (nSPS) is 50.7. The molecule has 2 rings (SSSR count). The number of rotatable bonds is 0. The van der Waals surface area contributed by atoms with Gasteiger partial charge < -0.3 is 9.84 Å². The molecule has 0 aliphatic carbocycles. The lowest BCUT2D eigenvalue weighted by atomic mass is 10.1. The highest BCUT2D eigenvalue weighted by atomic mass is 16.6. The molecule has 0 aromatic carbocycles. The van der Waals surface area contributed by atoms with Crippen molar-refractivity contribution in [2.45, 2.75) is 31.4 Å². The molecule has 0 spiro atoms. The van der Waals surface area contributed by atoms with Crippen LogP contribution in [0.5, 0.6) is 0 Å². The minimum Gasteiger partial charge on any atom is -0.378 e. The predicted octanol–water partition coefficient (Wildman–Crippen LogP) is -0.245. The smallest absolute Gasteiger partial charge is 0.139 e. The molecule has 0 radical (unpaired) electrons. The lowest BCUT2D eigenvalue weighted by molar-refractivity contribution is -0.0171. The van der Waals surface area contributed by atoms with Crippen molar-refractivity contribution in [1.82, 2.24) is 4.90 Å². The number of fused-ring (bicyclic) bond motifs is 1. The molecule has 2 aliphatic heterocycles. The summed E-state index contributed by atoms with van der Waals surface area (Å²) >= 11 is 0. The zero-order valence-corrected chi connectivity index (χ0v) is 5.45. The number of hydrogen-bond acceptors (Lipinski definition) is 3. The molecule has 2 fully saturated rings. The van der Waals surface area contributed by atoms with Crippen molar-refractivity contribution in [3.8, 4) is 0 Å². The van der Waals surface area contributed by atoms with E-state index in [2.05, 4.69) is 0 Å². The van der Waals surface area contributed by atoms with Crippen LogP contribution in [0.1, 0.15) is 12.8 Å². The van der Waals surface area contributed by atoms with Gasteiger partial charge in [0.25, 0.3) is 0 Å². The molecule has 3 atom stereocenters. The van der Waals surface area contributed by atoms with E-state index >= 15 is 0 Å². The summed E-state index contributed by atoms with van der Waals surface area (Å²) in [4.78, 5) is 1.88. The SMILES string of the molecule is CN1C(O)CCC2OC21. The van der Waals surface area contributed by atoms with Gasteiger partial charge in [0.2, 0.25) is 0 Å². The fourth-order valence-electron chi connectivity index (χ4n) is 1.39. The Morgan fingerprint density at radius 2 is 2.33 bits per heavy atom. The molecule has 52 valence electrons. The van der Waals surface area contributed by atoms with E-state index in [9.17, 15) is 5.11 Å². The van der Waals surface area contributed by atoms with Crippen LogP contribution in [0.25, 0.3) is 0 Å². The molecule has 2 saturated heterocycles. The van der Waals surface area contributed by atoms with Gasteiger partial charge in [-0.05, 0) is 19.9 Å². The van der Waals surface area contributed by atoms with Crippen LogP contribution in [0, 0.1) is 0 Å². The van der Waals surface area contributed by atoms with Crippen molar-refractivity contribution in [2.75, 3.05) is 7.05 Å². The summed E-state index contributed by atoms with van der Waals surface area (Å²) in [5.74, 6) is 0. The molecule has 9 heavy (non-hydrogen) atoms. The summed E-state index contributed by atoms with van der Waals surface area (Å²) in [5.41, 5.74) is 0. The topological polar surface area (TPSA) is 36.0 Å². The maximum Gasteiger partial charge on any atom is 0.139 e. The number of nitrogens with zero attached hydrogens (tertiary/aromatic N) is 1. The monoisotopic (exact) mass is 129 g/mol. The van der Waals surface area contributed by atoms with Gasteiger partial charge in [0.15, 0.2) is 0 Å². The Morgan fingerprint density at radius 3 is 3.00 bits per heavy atom. The highest BCUT2D eigenvalue weighted by Gasteiger charge is 2.47. The van der Waals surface area contributed by atoms with Gasteiger partial charge in [0.1, 0.15) is 12.5 Å². The van der Waals surface area contributed by atoms with Crippen LogP contribution in [0.4, 0.5) is 0 Å². The molecule has 0 amide bonds. The standard InChI is InChI=1S/C6H11NO2/c1-7-5(8)3-2-4-6(7)9-4/h4-6,8H,2-3H2,1H3. The number of piperidine rings is 1. The first-order valence-electron chi connectivity index (χ1n) is 3.34. The predicted molar refractivity (Wildman–Crippen MR) is 31.7 cm³/mol. The number of aliphatic hydroxyl groups excluding tert-OH is 1. The largest absolute Gasteiger partial charge is 0.378 e. The first-order valence-corrected chi connectivity index (χ1v) is 3.34. The van der Waals surface area contributed by atoms with Gasteiger partial charge in [-0.2, -0.15) is 0 Å². The summed E-state index contributed by atoms with van der Waals surface area (Å²) in [7, 11) is 1.90. The summed E-state index contributed by atoms with van der Waals surface area (Å²) in [6.07, 6.45) is 2.27. The van der Waals surface area contributed by atoms with Gasteiger partial charge in [-0.25, -0.2) is 0 Å². The Hall–Kier alpha value is -0.120. The van der Waals surface area contributed by atoms with E-state index in [0.717, 1.165) is 12.8 Å². The average molecular weight is 129 g/mol. The first kappa shape index (κ1) is 5.65. The molecule has 0 saturated carbocycles. The zero-order valence-electron chi connectivity index (χ0n) is 5.45. The molecule has 1 N–H and O–H groups in total. The molecular weight excluding hydrogens is 118 g/mol. The number of ether oxygens (including phenoxy) is 1. The number of aliphatic hydroxyl groups is 1. The Labute approximate surface area is 54.2 Å². The second-order valence-electron chi connectivity index (χ2n) is 2.79. The van der Waals surface area contributed by atoms with E-state index < -0.39 is 0 Å². The van der Waals surface area contributed by atoms with E-state index in [-0.39, 0.29) is 12.5 Å². The molecule has 2 aliphatic rings. The van der Waals surface area contributed by atoms with Crippen LogP contribution in [0.2, 0.25) is 0 Å². The lowest BCUT2D eigenvalue weighted by Gasteiger charge is -2.24. The second-order valence-corrected chi connectivity index (χ2v) is 2.79. The Balaban J connectivity index is 2.02. The second kappa shape index (κ2) is 1.68. The van der Waals surface area contributed by atoms with Crippen LogP contribution < -0.4 is 0 Å². The molecule has 0 bridgehead atoms. The quantitative estimate of drug-likeness (QED) is 0.458. The Kier molecular flexibility index (Phi) is 1.06. The maximum absolute atomic E-state index is 9.22. The fraction of sp³-hybridized carbons (Fsp3) is 1.00. The zero-order chi connectivity index (χ0) is 6.43. The summed E-state index contributed by atoms with van der Waals surface area (Å²) in [6, 6.07) is 0. The Bertz CT molecular complexity index is 126. The summed E-state index contributed by atoms with van der Waals surface area (Å²) in [5, 5.41) is 9.22. The van der Waals surface area contributed by atoms with Crippen molar-refractivity contribution in [1.29, 1.82) is 0 Å². The summed E-state index contributed by atoms with van der Waals surface area (Å²) in [6.45, 7) is 0. The van der Waals surface area contributed by atoms with Gasteiger partial charge in [-0.15, -0.1) is 0 Å². The molecule has 0 aromatic heterocycles. The van der Waals surface area contributed by atoms with Crippen molar-refractivity contribution >= 4 is 0 Å². The van der Waals surface area contributed by atoms with Gasteiger partial charge in [-0.3, -0.25) is 4.90 Å². The molecule has 2 heterocycles. The van der Waals surface area contributed by atoms with Crippen molar-refractivity contribution < 1.29 is 9.84 Å². The van der Waals surface area contributed by atoms with E-state index in [0.29, 0.717) is 6.10 Å².